The van der Waals surface area contributed by atoms with E-state index >= 15 is 0 Å². The van der Waals surface area contributed by atoms with Crippen LogP contribution in [0.15, 0.2) is 18.3 Å². The van der Waals surface area contributed by atoms with Gasteiger partial charge in [0.05, 0.1) is 6.61 Å². The average Bonchev–Trinajstić information content (AvgIpc) is 2.40. The lowest BCUT2D eigenvalue weighted by molar-refractivity contribution is 0.188. The number of aromatic nitrogens is 1. The summed E-state index contributed by atoms with van der Waals surface area (Å²) in [6.07, 6.45) is 1.72. The van der Waals surface area contributed by atoms with Crippen molar-refractivity contribution in [1.82, 2.24) is 9.88 Å². The maximum absolute atomic E-state index is 8.89. The molecule has 0 radical (unpaired) electrons. The van der Waals surface area contributed by atoms with Crippen LogP contribution in [0.2, 0.25) is 0 Å². The lowest BCUT2D eigenvalue weighted by Crippen LogP contribution is -2.47. The molecule has 3 N–H and O–H groups in total. The third-order valence-corrected chi connectivity index (χ3v) is 3.38. The Balaban J connectivity index is 1.95. The summed E-state index contributed by atoms with van der Waals surface area (Å²) >= 11 is 4.90. The second kappa shape index (κ2) is 6.08. The van der Waals surface area contributed by atoms with Crippen LogP contribution in [-0.4, -0.2) is 59.3 Å². The van der Waals surface area contributed by atoms with Gasteiger partial charge in [0.25, 0.3) is 0 Å². The molecule has 0 aliphatic carbocycles. The molecule has 1 aliphatic rings. The molecule has 98 valence electrons. The standard InChI is InChI=1S/C12H18N4OS/c13-12(18)10-1-2-11(14-9-10)16-5-3-15(4-6-16)7-8-17/h1-2,9,17H,3-8H2,(H2,13,18). The molecule has 1 aliphatic heterocycles. The molecule has 6 heteroatoms. The zero-order chi connectivity index (χ0) is 13.0. The molecule has 1 saturated heterocycles. The second-order valence-electron chi connectivity index (χ2n) is 4.32. The van der Waals surface area contributed by atoms with Crippen LogP contribution < -0.4 is 10.6 Å². The highest BCUT2D eigenvalue weighted by Gasteiger charge is 2.17. The topological polar surface area (TPSA) is 65.6 Å². The average molecular weight is 266 g/mol. The van der Waals surface area contributed by atoms with Gasteiger partial charge in [0, 0.05) is 44.5 Å². The molecular formula is C12H18N4OS. The molecule has 2 heterocycles. The summed E-state index contributed by atoms with van der Waals surface area (Å²) in [5, 5.41) is 8.89. The summed E-state index contributed by atoms with van der Waals surface area (Å²) in [6, 6.07) is 3.86. The van der Waals surface area contributed by atoms with E-state index in [-0.39, 0.29) is 6.61 Å². The molecule has 0 spiro atoms. The number of thiocarbonyl (C=S) groups is 1. The summed E-state index contributed by atoms with van der Waals surface area (Å²) < 4.78 is 0. The van der Waals surface area contributed by atoms with Crippen molar-refractivity contribution in [3.05, 3.63) is 23.9 Å². The number of piperazine rings is 1. The summed E-state index contributed by atoms with van der Waals surface area (Å²) in [6.45, 7) is 4.75. The minimum atomic E-state index is 0.223. The fourth-order valence-electron chi connectivity index (χ4n) is 2.06. The van der Waals surface area contributed by atoms with Crippen LogP contribution >= 0.6 is 12.2 Å². The third kappa shape index (κ3) is 3.16. The van der Waals surface area contributed by atoms with Crippen LogP contribution in [0.1, 0.15) is 5.56 Å². The molecular weight excluding hydrogens is 248 g/mol. The van der Waals surface area contributed by atoms with Gasteiger partial charge < -0.3 is 15.7 Å². The summed E-state index contributed by atoms with van der Waals surface area (Å²) in [7, 11) is 0. The Labute approximate surface area is 112 Å². The van der Waals surface area contributed by atoms with Crippen LogP contribution in [0.3, 0.4) is 0 Å². The molecule has 0 aromatic carbocycles. The van der Waals surface area contributed by atoms with Crippen LogP contribution in [0, 0.1) is 0 Å². The van der Waals surface area contributed by atoms with Gasteiger partial charge in [-0.2, -0.15) is 0 Å². The lowest BCUT2D eigenvalue weighted by atomic mass is 10.2. The molecule has 0 saturated carbocycles. The molecule has 0 unspecified atom stereocenters. The first kappa shape index (κ1) is 13.2. The smallest absolute Gasteiger partial charge is 0.128 e. The van der Waals surface area contributed by atoms with Gasteiger partial charge in [0.1, 0.15) is 10.8 Å². The number of nitrogens with zero attached hydrogens (tertiary/aromatic N) is 3. The van der Waals surface area contributed by atoms with Gasteiger partial charge in [0.15, 0.2) is 0 Å². The first-order valence-electron chi connectivity index (χ1n) is 6.04. The van der Waals surface area contributed by atoms with Crippen molar-refractivity contribution in [2.45, 2.75) is 0 Å². The molecule has 0 amide bonds. The Morgan fingerprint density at radius 3 is 2.56 bits per heavy atom. The highest BCUT2D eigenvalue weighted by atomic mass is 32.1. The quantitative estimate of drug-likeness (QED) is 0.738. The maximum Gasteiger partial charge on any atom is 0.128 e. The van der Waals surface area contributed by atoms with Gasteiger partial charge in [-0.1, -0.05) is 12.2 Å². The van der Waals surface area contributed by atoms with E-state index in [1.54, 1.807) is 6.20 Å². The summed E-state index contributed by atoms with van der Waals surface area (Å²) in [4.78, 5) is 9.25. The SMILES string of the molecule is NC(=S)c1ccc(N2CCN(CCO)CC2)nc1. The van der Waals surface area contributed by atoms with Gasteiger partial charge >= 0.3 is 0 Å². The van der Waals surface area contributed by atoms with E-state index in [4.69, 9.17) is 23.1 Å². The number of rotatable bonds is 4. The van der Waals surface area contributed by atoms with E-state index in [2.05, 4.69) is 14.8 Å². The zero-order valence-corrected chi connectivity index (χ0v) is 11.1. The van der Waals surface area contributed by atoms with E-state index in [9.17, 15) is 0 Å². The number of hydrogen-bond acceptors (Lipinski definition) is 5. The summed E-state index contributed by atoms with van der Waals surface area (Å²) in [5.74, 6) is 0.957. The fraction of sp³-hybridized carbons (Fsp3) is 0.500. The Morgan fingerprint density at radius 2 is 2.06 bits per heavy atom. The molecule has 0 bridgehead atoms. The van der Waals surface area contributed by atoms with Crippen molar-refractivity contribution in [3.63, 3.8) is 0 Å². The van der Waals surface area contributed by atoms with Crippen LogP contribution in [0.5, 0.6) is 0 Å². The third-order valence-electron chi connectivity index (χ3n) is 3.14. The maximum atomic E-state index is 8.89. The predicted octanol–water partition coefficient (Wildman–Crippen LogP) is -0.170. The second-order valence-corrected chi connectivity index (χ2v) is 4.76. The largest absolute Gasteiger partial charge is 0.395 e. The van der Waals surface area contributed by atoms with E-state index in [0.717, 1.165) is 44.1 Å². The van der Waals surface area contributed by atoms with E-state index in [1.165, 1.54) is 0 Å². The van der Waals surface area contributed by atoms with Gasteiger partial charge in [-0.15, -0.1) is 0 Å². The fourth-order valence-corrected chi connectivity index (χ4v) is 2.18. The molecule has 18 heavy (non-hydrogen) atoms. The number of pyridine rings is 1. The van der Waals surface area contributed by atoms with Crippen LogP contribution in [0.4, 0.5) is 5.82 Å². The van der Waals surface area contributed by atoms with Gasteiger partial charge in [0.2, 0.25) is 0 Å². The first-order valence-corrected chi connectivity index (χ1v) is 6.45. The number of hydrogen-bond donors (Lipinski definition) is 2. The highest BCUT2D eigenvalue weighted by molar-refractivity contribution is 7.80. The molecule has 2 rings (SSSR count). The highest BCUT2D eigenvalue weighted by Crippen LogP contribution is 2.13. The van der Waals surface area contributed by atoms with Gasteiger partial charge in [-0.25, -0.2) is 4.98 Å². The van der Waals surface area contributed by atoms with E-state index in [1.807, 2.05) is 12.1 Å². The summed E-state index contributed by atoms with van der Waals surface area (Å²) in [5.41, 5.74) is 6.34. The van der Waals surface area contributed by atoms with Crippen molar-refractivity contribution in [3.8, 4) is 0 Å². The Kier molecular flexibility index (Phi) is 4.46. The van der Waals surface area contributed by atoms with Crippen molar-refractivity contribution >= 4 is 23.0 Å². The Bertz CT molecular complexity index is 401. The predicted molar refractivity (Wildman–Crippen MR) is 75.9 cm³/mol. The number of aliphatic hydroxyl groups is 1. The van der Waals surface area contributed by atoms with Gasteiger partial charge in [-0.05, 0) is 12.1 Å². The molecule has 1 aromatic heterocycles. The molecule has 1 fully saturated rings. The monoisotopic (exact) mass is 266 g/mol. The Morgan fingerprint density at radius 1 is 1.33 bits per heavy atom. The van der Waals surface area contributed by atoms with Crippen molar-refractivity contribution in [2.75, 3.05) is 44.2 Å². The van der Waals surface area contributed by atoms with Crippen molar-refractivity contribution in [1.29, 1.82) is 0 Å². The molecule has 5 nitrogen and oxygen atoms in total. The van der Waals surface area contributed by atoms with Gasteiger partial charge in [-0.3, -0.25) is 4.90 Å². The number of aliphatic hydroxyl groups excluding tert-OH is 1. The number of β-amino-alcohol motifs (C(OH)–C–C–N with tert-alkyl or cyclic N) is 1. The zero-order valence-electron chi connectivity index (χ0n) is 10.2. The molecule has 0 atom stereocenters. The van der Waals surface area contributed by atoms with Crippen LogP contribution in [-0.2, 0) is 0 Å². The lowest BCUT2D eigenvalue weighted by Gasteiger charge is -2.35. The number of anilines is 1. The van der Waals surface area contributed by atoms with E-state index in [0.29, 0.717) is 4.99 Å². The van der Waals surface area contributed by atoms with Crippen molar-refractivity contribution < 1.29 is 5.11 Å². The minimum Gasteiger partial charge on any atom is -0.395 e. The Hall–Kier alpha value is -1.24. The van der Waals surface area contributed by atoms with Crippen LogP contribution in [0.25, 0.3) is 0 Å². The first-order chi connectivity index (χ1) is 8.70. The van der Waals surface area contributed by atoms with Crippen molar-refractivity contribution in [2.24, 2.45) is 5.73 Å². The number of nitrogens with two attached hydrogens (primary N) is 1. The minimum absolute atomic E-state index is 0.223. The normalized spacial score (nSPS) is 16.8. The van der Waals surface area contributed by atoms with E-state index < -0.39 is 0 Å². The molecule has 1 aromatic rings.